The lowest BCUT2D eigenvalue weighted by Gasteiger charge is -2.08. The summed E-state index contributed by atoms with van der Waals surface area (Å²) < 4.78 is 4.96. The lowest BCUT2D eigenvalue weighted by atomic mass is 10.1. The number of nitrogens with one attached hydrogen (secondary N) is 1. The highest BCUT2D eigenvalue weighted by atomic mass is 32.1. The van der Waals surface area contributed by atoms with Crippen molar-refractivity contribution in [2.75, 3.05) is 13.7 Å². The maximum atomic E-state index is 11.9. The second kappa shape index (κ2) is 6.19. The molecule has 1 aromatic carbocycles. The van der Waals surface area contributed by atoms with E-state index in [0.717, 1.165) is 5.01 Å². The normalized spacial score (nSPS) is 10.2. The maximum absolute atomic E-state index is 11.9. The number of thiazole rings is 1. The summed E-state index contributed by atoms with van der Waals surface area (Å²) in [5, 5.41) is 15.4. The van der Waals surface area contributed by atoms with E-state index in [2.05, 4.69) is 10.3 Å². The van der Waals surface area contributed by atoms with E-state index < -0.39 is 0 Å². The lowest BCUT2D eigenvalue weighted by Crippen LogP contribution is -2.25. The first-order valence-electron chi connectivity index (χ1n) is 5.75. The van der Waals surface area contributed by atoms with Crippen LogP contribution in [-0.4, -0.2) is 29.7 Å². The molecule has 0 aliphatic rings. The molecule has 0 radical (unpaired) electrons. The summed E-state index contributed by atoms with van der Waals surface area (Å²) in [6.07, 6.45) is 2.41. The second-order valence-corrected chi connectivity index (χ2v) is 4.77. The van der Waals surface area contributed by atoms with Gasteiger partial charge in [-0.25, -0.2) is 4.98 Å². The van der Waals surface area contributed by atoms with Gasteiger partial charge in [-0.05, 0) is 12.1 Å². The van der Waals surface area contributed by atoms with Crippen molar-refractivity contribution in [1.29, 1.82) is 0 Å². The number of phenolic OH excluding ortho intramolecular Hbond substituents is 1. The minimum absolute atomic E-state index is 0.142. The van der Waals surface area contributed by atoms with E-state index in [1.54, 1.807) is 35.7 Å². The molecule has 2 N–H and O–H groups in total. The molecule has 1 aromatic heterocycles. The maximum Gasteiger partial charge on any atom is 0.255 e. The van der Waals surface area contributed by atoms with Crippen LogP contribution < -0.4 is 10.1 Å². The third-order valence-corrected chi connectivity index (χ3v) is 3.41. The Morgan fingerprint density at radius 2 is 2.37 bits per heavy atom. The monoisotopic (exact) mass is 278 g/mol. The number of aromatic hydroxyl groups is 1. The van der Waals surface area contributed by atoms with Crippen LogP contribution in [0, 0.1) is 0 Å². The van der Waals surface area contributed by atoms with Crippen molar-refractivity contribution < 1.29 is 14.6 Å². The van der Waals surface area contributed by atoms with Crippen molar-refractivity contribution in [2.45, 2.75) is 6.42 Å². The topological polar surface area (TPSA) is 71.5 Å². The minimum Gasteiger partial charge on any atom is -0.504 e. The van der Waals surface area contributed by atoms with Gasteiger partial charge in [-0.15, -0.1) is 11.3 Å². The molecule has 0 saturated heterocycles. The Hall–Kier alpha value is -2.08. The molecule has 0 spiro atoms. The van der Waals surface area contributed by atoms with Gasteiger partial charge in [0.1, 0.15) is 0 Å². The highest BCUT2D eigenvalue weighted by molar-refractivity contribution is 7.09. The number of ether oxygens (including phenoxy) is 1. The van der Waals surface area contributed by atoms with E-state index in [-0.39, 0.29) is 23.0 Å². The van der Waals surface area contributed by atoms with Gasteiger partial charge in [-0.1, -0.05) is 6.07 Å². The van der Waals surface area contributed by atoms with Crippen LogP contribution in [0.25, 0.3) is 0 Å². The van der Waals surface area contributed by atoms with E-state index in [1.807, 2.05) is 5.38 Å². The molecule has 1 amide bonds. The molecule has 6 heteroatoms. The number of amides is 1. The summed E-state index contributed by atoms with van der Waals surface area (Å²) >= 11 is 1.55. The smallest absolute Gasteiger partial charge is 0.255 e. The first kappa shape index (κ1) is 13.4. The number of phenols is 1. The fourth-order valence-corrected chi connectivity index (χ4v) is 2.25. The zero-order chi connectivity index (χ0) is 13.7. The third-order valence-electron chi connectivity index (χ3n) is 2.57. The third kappa shape index (κ3) is 3.23. The summed E-state index contributed by atoms with van der Waals surface area (Å²) in [5.41, 5.74) is 0.207. The van der Waals surface area contributed by atoms with Crippen molar-refractivity contribution in [2.24, 2.45) is 0 Å². The van der Waals surface area contributed by atoms with Gasteiger partial charge >= 0.3 is 0 Å². The second-order valence-electron chi connectivity index (χ2n) is 3.79. The molecule has 0 aliphatic heterocycles. The molecule has 0 bridgehead atoms. The van der Waals surface area contributed by atoms with Crippen LogP contribution in [0.1, 0.15) is 15.4 Å². The van der Waals surface area contributed by atoms with Gasteiger partial charge in [0.15, 0.2) is 11.5 Å². The highest BCUT2D eigenvalue weighted by Gasteiger charge is 2.14. The van der Waals surface area contributed by atoms with Gasteiger partial charge in [0.05, 0.1) is 17.7 Å². The van der Waals surface area contributed by atoms with Crippen LogP contribution in [0.4, 0.5) is 0 Å². The number of nitrogens with zero attached hydrogens (tertiary/aromatic N) is 1. The zero-order valence-electron chi connectivity index (χ0n) is 10.4. The van der Waals surface area contributed by atoms with E-state index in [9.17, 15) is 9.90 Å². The number of carbonyl (C=O) groups excluding carboxylic acids is 1. The molecule has 2 aromatic rings. The Balaban J connectivity index is 1.96. The summed E-state index contributed by atoms with van der Waals surface area (Å²) in [6, 6.07) is 4.81. The molecule has 1 heterocycles. The summed E-state index contributed by atoms with van der Waals surface area (Å²) in [5.74, 6) is -0.183. The lowest BCUT2D eigenvalue weighted by molar-refractivity contribution is 0.0951. The van der Waals surface area contributed by atoms with Gasteiger partial charge in [-0.2, -0.15) is 0 Å². The standard InChI is InChI=1S/C13H14N2O3S/c1-18-10-4-2-3-9(12(10)16)13(17)15-6-5-11-14-7-8-19-11/h2-4,7-8,16H,5-6H2,1H3,(H,15,17). The van der Waals surface area contributed by atoms with E-state index >= 15 is 0 Å². The van der Waals surface area contributed by atoms with Crippen molar-refractivity contribution in [3.63, 3.8) is 0 Å². The fraction of sp³-hybridized carbons (Fsp3) is 0.231. The Bertz CT molecular complexity index is 555. The number of carbonyl (C=O) groups is 1. The molecule has 0 unspecified atom stereocenters. The molecular weight excluding hydrogens is 264 g/mol. The van der Waals surface area contributed by atoms with Crippen LogP contribution in [-0.2, 0) is 6.42 Å². The summed E-state index contributed by atoms with van der Waals surface area (Å²) in [6.45, 7) is 0.475. The number of hydrogen-bond acceptors (Lipinski definition) is 5. The molecule has 19 heavy (non-hydrogen) atoms. The Morgan fingerprint density at radius 3 is 3.05 bits per heavy atom. The Labute approximate surface area is 114 Å². The van der Waals surface area contributed by atoms with Crippen molar-refractivity contribution in [3.8, 4) is 11.5 Å². The van der Waals surface area contributed by atoms with Gasteiger partial charge in [0.2, 0.25) is 0 Å². The molecule has 2 rings (SSSR count). The number of hydrogen-bond donors (Lipinski definition) is 2. The number of aromatic nitrogens is 1. The Kier molecular flexibility index (Phi) is 4.35. The van der Waals surface area contributed by atoms with E-state index in [1.165, 1.54) is 7.11 Å². The van der Waals surface area contributed by atoms with Crippen molar-refractivity contribution in [1.82, 2.24) is 10.3 Å². The van der Waals surface area contributed by atoms with Crippen LogP contribution in [0.3, 0.4) is 0 Å². The minimum atomic E-state index is -0.326. The van der Waals surface area contributed by atoms with Crippen LogP contribution in [0.15, 0.2) is 29.8 Å². The van der Waals surface area contributed by atoms with Gasteiger partial charge in [0.25, 0.3) is 5.91 Å². The van der Waals surface area contributed by atoms with E-state index in [4.69, 9.17) is 4.74 Å². The first-order chi connectivity index (χ1) is 9.22. The number of rotatable bonds is 5. The van der Waals surface area contributed by atoms with Crippen molar-refractivity contribution in [3.05, 3.63) is 40.3 Å². The fourth-order valence-electron chi connectivity index (χ4n) is 1.62. The van der Waals surface area contributed by atoms with Crippen LogP contribution in [0.2, 0.25) is 0 Å². The summed E-state index contributed by atoms with van der Waals surface area (Å²) in [7, 11) is 1.44. The number of methoxy groups -OCH3 is 1. The van der Waals surface area contributed by atoms with Crippen molar-refractivity contribution >= 4 is 17.2 Å². The van der Waals surface area contributed by atoms with Gasteiger partial charge < -0.3 is 15.2 Å². The van der Waals surface area contributed by atoms with Crippen LogP contribution >= 0.6 is 11.3 Å². The molecule has 0 saturated carbocycles. The van der Waals surface area contributed by atoms with Gasteiger partial charge in [0, 0.05) is 24.5 Å². The average Bonchev–Trinajstić information content (AvgIpc) is 2.92. The number of para-hydroxylation sites is 1. The van der Waals surface area contributed by atoms with Crippen LogP contribution in [0.5, 0.6) is 11.5 Å². The predicted molar refractivity (Wildman–Crippen MR) is 72.8 cm³/mol. The average molecular weight is 278 g/mol. The molecule has 0 aliphatic carbocycles. The first-order valence-corrected chi connectivity index (χ1v) is 6.63. The summed E-state index contributed by atoms with van der Waals surface area (Å²) in [4.78, 5) is 16.0. The number of benzene rings is 1. The largest absolute Gasteiger partial charge is 0.504 e. The molecule has 0 fully saturated rings. The SMILES string of the molecule is COc1cccc(C(=O)NCCc2nccs2)c1O. The highest BCUT2D eigenvalue weighted by Crippen LogP contribution is 2.29. The van der Waals surface area contributed by atoms with Gasteiger partial charge in [-0.3, -0.25) is 4.79 Å². The van der Waals surface area contributed by atoms with E-state index in [0.29, 0.717) is 13.0 Å². The Morgan fingerprint density at radius 1 is 1.53 bits per heavy atom. The quantitative estimate of drug-likeness (QED) is 0.875. The molecule has 0 atom stereocenters. The predicted octanol–water partition coefficient (Wildman–Crippen LogP) is 1.83. The zero-order valence-corrected chi connectivity index (χ0v) is 11.2. The molecular formula is C13H14N2O3S. The molecule has 5 nitrogen and oxygen atoms in total. The molecule has 100 valence electrons.